The lowest BCUT2D eigenvalue weighted by Crippen LogP contribution is -2.33. The largest absolute Gasteiger partial charge is 0.317 e. The van der Waals surface area contributed by atoms with Crippen LogP contribution in [0.4, 0.5) is 0 Å². The van der Waals surface area contributed by atoms with Crippen LogP contribution in [-0.2, 0) is 10.0 Å². The van der Waals surface area contributed by atoms with Gasteiger partial charge in [0.15, 0.2) is 0 Å². The van der Waals surface area contributed by atoms with Crippen LogP contribution in [0, 0.1) is 0 Å². The van der Waals surface area contributed by atoms with E-state index in [0.29, 0.717) is 19.5 Å². The van der Waals surface area contributed by atoms with E-state index in [-0.39, 0.29) is 5.75 Å². The first kappa shape index (κ1) is 17.4. The van der Waals surface area contributed by atoms with Crippen molar-refractivity contribution in [3.63, 3.8) is 0 Å². The Kier molecular flexibility index (Phi) is 9.92. The van der Waals surface area contributed by atoms with Gasteiger partial charge >= 0.3 is 0 Å². The van der Waals surface area contributed by atoms with E-state index >= 15 is 0 Å². The summed E-state index contributed by atoms with van der Waals surface area (Å²) in [4.78, 5) is 0. The van der Waals surface area contributed by atoms with E-state index in [4.69, 9.17) is 0 Å². The molecule has 0 aromatic carbocycles. The lowest BCUT2D eigenvalue weighted by molar-refractivity contribution is 0.471. The molecule has 0 saturated carbocycles. The van der Waals surface area contributed by atoms with Crippen molar-refractivity contribution in [2.75, 3.05) is 31.9 Å². The number of unbranched alkanes of at least 4 members (excludes halogenated alkanes) is 1. The van der Waals surface area contributed by atoms with E-state index in [2.05, 4.69) is 25.4 Å². The van der Waals surface area contributed by atoms with Gasteiger partial charge in [0, 0.05) is 13.1 Å². The van der Waals surface area contributed by atoms with E-state index in [1.807, 2.05) is 0 Å². The maximum absolute atomic E-state index is 12.0. The molecule has 0 aliphatic carbocycles. The predicted molar refractivity (Wildman–Crippen MR) is 78.1 cm³/mol. The molecule has 0 atom stereocenters. The summed E-state index contributed by atoms with van der Waals surface area (Å²) in [6, 6.07) is 0. The normalized spacial score (nSPS) is 11.7. The summed E-state index contributed by atoms with van der Waals surface area (Å²) in [7, 11) is -3.18. The van der Waals surface area contributed by atoms with Crippen molar-refractivity contribution in [2.45, 2.75) is 26.2 Å². The Morgan fingerprint density at radius 1 is 1.11 bits per heavy atom. The SMILES string of the molecule is C=CCN(CC=C)S(=O)(=O)CCCCNCCC. The van der Waals surface area contributed by atoms with Gasteiger partial charge in [0.25, 0.3) is 0 Å². The van der Waals surface area contributed by atoms with Crippen molar-refractivity contribution >= 4 is 10.0 Å². The zero-order chi connectivity index (χ0) is 13.9. The Balaban J connectivity index is 4.03. The highest BCUT2D eigenvalue weighted by Gasteiger charge is 2.18. The second kappa shape index (κ2) is 10.3. The van der Waals surface area contributed by atoms with Crippen LogP contribution < -0.4 is 5.32 Å². The summed E-state index contributed by atoms with van der Waals surface area (Å²) in [6.45, 7) is 11.8. The first-order chi connectivity index (χ1) is 8.58. The summed E-state index contributed by atoms with van der Waals surface area (Å²) in [6.07, 6.45) is 5.87. The lowest BCUT2D eigenvalue weighted by Gasteiger charge is -2.18. The molecule has 0 rings (SSSR count). The highest BCUT2D eigenvalue weighted by Crippen LogP contribution is 2.05. The molecule has 0 spiro atoms. The minimum atomic E-state index is -3.18. The Bertz CT molecular complexity index is 316. The zero-order valence-corrected chi connectivity index (χ0v) is 12.2. The molecular weight excluding hydrogens is 248 g/mol. The fraction of sp³-hybridized carbons (Fsp3) is 0.692. The van der Waals surface area contributed by atoms with E-state index < -0.39 is 10.0 Å². The number of sulfonamides is 1. The second-order valence-electron chi connectivity index (χ2n) is 4.17. The van der Waals surface area contributed by atoms with Gasteiger partial charge in [-0.3, -0.25) is 0 Å². The fourth-order valence-electron chi connectivity index (χ4n) is 1.55. The van der Waals surface area contributed by atoms with Gasteiger partial charge in [-0.05, 0) is 32.4 Å². The molecule has 0 aliphatic rings. The Morgan fingerprint density at radius 2 is 1.72 bits per heavy atom. The molecule has 0 radical (unpaired) electrons. The third-order valence-corrected chi connectivity index (χ3v) is 4.38. The molecule has 0 aliphatic heterocycles. The van der Waals surface area contributed by atoms with Gasteiger partial charge in [0.05, 0.1) is 5.75 Å². The zero-order valence-electron chi connectivity index (χ0n) is 11.4. The van der Waals surface area contributed by atoms with Crippen molar-refractivity contribution in [2.24, 2.45) is 0 Å². The number of nitrogens with one attached hydrogen (secondary N) is 1. The minimum absolute atomic E-state index is 0.197. The quantitative estimate of drug-likeness (QED) is 0.436. The van der Waals surface area contributed by atoms with E-state index in [9.17, 15) is 8.42 Å². The number of hydrogen-bond acceptors (Lipinski definition) is 3. The Hall–Kier alpha value is -0.650. The minimum Gasteiger partial charge on any atom is -0.317 e. The van der Waals surface area contributed by atoms with Gasteiger partial charge in [0.2, 0.25) is 10.0 Å². The van der Waals surface area contributed by atoms with Crippen molar-refractivity contribution < 1.29 is 8.42 Å². The van der Waals surface area contributed by atoms with E-state index in [0.717, 1.165) is 25.9 Å². The summed E-state index contributed by atoms with van der Waals surface area (Å²) in [5.41, 5.74) is 0. The molecular formula is C13H26N2O2S. The highest BCUT2D eigenvalue weighted by molar-refractivity contribution is 7.89. The first-order valence-electron chi connectivity index (χ1n) is 6.48. The first-order valence-corrected chi connectivity index (χ1v) is 8.09. The van der Waals surface area contributed by atoms with Gasteiger partial charge < -0.3 is 5.32 Å². The molecule has 0 saturated heterocycles. The standard InChI is InChI=1S/C13H26N2O2S/c1-4-9-14-10-7-8-13-18(16,17)15(11-5-2)12-6-3/h5-6,14H,2-4,7-13H2,1H3. The molecule has 0 amide bonds. The summed E-state index contributed by atoms with van der Waals surface area (Å²) in [5.74, 6) is 0.197. The van der Waals surface area contributed by atoms with Crippen molar-refractivity contribution in [3.8, 4) is 0 Å². The monoisotopic (exact) mass is 274 g/mol. The van der Waals surface area contributed by atoms with Crippen LogP contribution in [0.15, 0.2) is 25.3 Å². The van der Waals surface area contributed by atoms with Crippen molar-refractivity contribution in [3.05, 3.63) is 25.3 Å². The fourth-order valence-corrected chi connectivity index (χ4v) is 3.05. The van der Waals surface area contributed by atoms with Gasteiger partial charge in [-0.25, -0.2) is 8.42 Å². The summed E-state index contributed by atoms with van der Waals surface area (Å²) >= 11 is 0. The smallest absolute Gasteiger partial charge is 0.214 e. The van der Waals surface area contributed by atoms with Crippen LogP contribution in [0.25, 0.3) is 0 Å². The average molecular weight is 274 g/mol. The van der Waals surface area contributed by atoms with E-state index in [1.165, 1.54) is 4.31 Å². The molecule has 0 aromatic heterocycles. The number of hydrogen-bond donors (Lipinski definition) is 1. The van der Waals surface area contributed by atoms with Gasteiger partial charge in [-0.15, -0.1) is 13.2 Å². The molecule has 0 bridgehead atoms. The molecule has 0 heterocycles. The van der Waals surface area contributed by atoms with Crippen molar-refractivity contribution in [1.82, 2.24) is 9.62 Å². The summed E-state index contributed by atoms with van der Waals surface area (Å²) in [5, 5.41) is 3.26. The van der Waals surface area contributed by atoms with Crippen LogP contribution in [0.2, 0.25) is 0 Å². The van der Waals surface area contributed by atoms with Gasteiger partial charge in [-0.1, -0.05) is 19.1 Å². The molecule has 1 N–H and O–H groups in total. The Labute approximate surface area is 112 Å². The third-order valence-electron chi connectivity index (χ3n) is 2.49. The maximum Gasteiger partial charge on any atom is 0.214 e. The van der Waals surface area contributed by atoms with Crippen LogP contribution in [-0.4, -0.2) is 44.7 Å². The van der Waals surface area contributed by atoms with Crippen LogP contribution in [0.1, 0.15) is 26.2 Å². The molecule has 0 aromatic rings. The topological polar surface area (TPSA) is 49.4 Å². The van der Waals surface area contributed by atoms with E-state index in [1.54, 1.807) is 12.2 Å². The Morgan fingerprint density at radius 3 is 2.22 bits per heavy atom. The lowest BCUT2D eigenvalue weighted by atomic mass is 10.3. The van der Waals surface area contributed by atoms with Gasteiger partial charge in [-0.2, -0.15) is 4.31 Å². The molecule has 0 fully saturated rings. The maximum atomic E-state index is 12.0. The van der Waals surface area contributed by atoms with Crippen LogP contribution in [0.3, 0.4) is 0 Å². The van der Waals surface area contributed by atoms with Crippen LogP contribution >= 0.6 is 0 Å². The van der Waals surface area contributed by atoms with Gasteiger partial charge in [0.1, 0.15) is 0 Å². The highest BCUT2D eigenvalue weighted by atomic mass is 32.2. The molecule has 106 valence electrons. The van der Waals surface area contributed by atoms with Crippen LogP contribution in [0.5, 0.6) is 0 Å². The molecule has 4 nitrogen and oxygen atoms in total. The molecule has 5 heteroatoms. The summed E-state index contributed by atoms with van der Waals surface area (Å²) < 4.78 is 25.4. The average Bonchev–Trinajstić information content (AvgIpc) is 2.33. The second-order valence-corrected chi connectivity index (χ2v) is 6.26. The number of rotatable bonds is 12. The molecule has 0 unspecified atom stereocenters. The third kappa shape index (κ3) is 7.63. The molecule has 18 heavy (non-hydrogen) atoms. The predicted octanol–water partition coefficient (Wildman–Crippen LogP) is 1.77. The number of nitrogens with zero attached hydrogens (tertiary/aromatic N) is 1. The van der Waals surface area contributed by atoms with Crippen molar-refractivity contribution in [1.29, 1.82) is 0 Å².